The fraction of sp³-hybridized carbons (Fsp3) is 0.667. The van der Waals surface area contributed by atoms with Gasteiger partial charge in [-0.2, -0.15) is 0 Å². The second-order valence-electron chi connectivity index (χ2n) is 6.15. The molecule has 0 saturated carbocycles. The smallest absolute Gasteiger partial charge is 0.331 e. The summed E-state index contributed by atoms with van der Waals surface area (Å²) in [6.45, 7) is 8.79. The van der Waals surface area contributed by atoms with Crippen LogP contribution in [0.5, 0.6) is 0 Å². The Labute approximate surface area is 149 Å². The van der Waals surface area contributed by atoms with Crippen molar-refractivity contribution in [2.24, 2.45) is 5.41 Å². The highest BCUT2D eigenvalue weighted by molar-refractivity contribution is 5.90. The van der Waals surface area contributed by atoms with Gasteiger partial charge in [-0.25, -0.2) is 4.79 Å². The van der Waals surface area contributed by atoms with Gasteiger partial charge in [-0.15, -0.1) is 0 Å². The molecule has 25 heavy (non-hydrogen) atoms. The van der Waals surface area contributed by atoms with E-state index in [2.05, 4.69) is 12.2 Å². The van der Waals surface area contributed by atoms with E-state index in [0.29, 0.717) is 13.0 Å². The van der Waals surface area contributed by atoms with Gasteiger partial charge in [-0.05, 0) is 39.7 Å². The van der Waals surface area contributed by atoms with Crippen molar-refractivity contribution in [3.63, 3.8) is 0 Å². The van der Waals surface area contributed by atoms with E-state index in [0.717, 1.165) is 19.4 Å². The second-order valence-corrected chi connectivity index (χ2v) is 6.15. The lowest BCUT2D eigenvalue weighted by Crippen LogP contribution is -2.47. The van der Waals surface area contributed by atoms with Crippen molar-refractivity contribution in [3.05, 3.63) is 23.8 Å². The first-order valence-electron chi connectivity index (χ1n) is 8.60. The molecule has 7 nitrogen and oxygen atoms in total. The molecule has 0 aromatic carbocycles. The monoisotopic (exact) mass is 357 g/mol. The van der Waals surface area contributed by atoms with Crippen LogP contribution in [0.1, 0.15) is 53.4 Å². The summed E-state index contributed by atoms with van der Waals surface area (Å²) >= 11 is 0. The van der Waals surface area contributed by atoms with E-state index >= 15 is 0 Å². The Morgan fingerprint density at radius 3 is 2.36 bits per heavy atom. The molecule has 144 valence electrons. The van der Waals surface area contributed by atoms with Gasteiger partial charge in [0.1, 0.15) is 0 Å². The van der Waals surface area contributed by atoms with Crippen LogP contribution < -0.4 is 5.32 Å². The molecule has 0 spiro atoms. The van der Waals surface area contributed by atoms with Crippen LogP contribution in [0.25, 0.3) is 0 Å². The van der Waals surface area contributed by atoms with Gasteiger partial charge in [-0.1, -0.05) is 32.1 Å². The lowest BCUT2D eigenvalue weighted by Gasteiger charge is -2.28. The summed E-state index contributed by atoms with van der Waals surface area (Å²) in [5, 5.41) is 30.3. The molecule has 0 aromatic rings. The summed E-state index contributed by atoms with van der Waals surface area (Å²) in [7, 11) is 0. The molecule has 0 aliphatic heterocycles. The number of carboxylic acids is 2. The molecule has 0 heterocycles. The van der Waals surface area contributed by atoms with Crippen molar-refractivity contribution in [1.29, 1.82) is 0 Å². The first-order valence-corrected chi connectivity index (χ1v) is 8.60. The fourth-order valence-corrected chi connectivity index (χ4v) is 2.29. The molecule has 1 aliphatic rings. The lowest BCUT2D eigenvalue weighted by molar-refractivity contribution is -0.226. The molecule has 0 saturated heterocycles. The molecular formula is C18H31NO6. The van der Waals surface area contributed by atoms with Crippen molar-refractivity contribution in [1.82, 2.24) is 5.32 Å². The predicted molar refractivity (Wildman–Crippen MR) is 95.0 cm³/mol. The summed E-state index contributed by atoms with van der Waals surface area (Å²) in [6, 6.07) is 0. The molecule has 0 bridgehead atoms. The van der Waals surface area contributed by atoms with Gasteiger partial charge >= 0.3 is 11.9 Å². The maximum absolute atomic E-state index is 10.8. The third kappa shape index (κ3) is 8.29. The van der Waals surface area contributed by atoms with E-state index in [1.54, 1.807) is 0 Å². The number of nitrogens with one attached hydrogen (secondary N) is 1. The highest BCUT2D eigenvalue weighted by Crippen LogP contribution is 2.31. The van der Waals surface area contributed by atoms with Crippen LogP contribution in [-0.2, 0) is 14.3 Å². The number of aliphatic carboxylic acids is 2. The highest BCUT2D eigenvalue weighted by Gasteiger charge is 2.34. The Balaban J connectivity index is 0.000000463. The van der Waals surface area contributed by atoms with Crippen LogP contribution >= 0.6 is 0 Å². The van der Waals surface area contributed by atoms with E-state index < -0.39 is 23.3 Å². The van der Waals surface area contributed by atoms with Gasteiger partial charge < -0.3 is 20.1 Å². The van der Waals surface area contributed by atoms with Crippen molar-refractivity contribution in [2.75, 3.05) is 13.2 Å². The van der Waals surface area contributed by atoms with Gasteiger partial charge in [0.2, 0.25) is 5.91 Å². The summed E-state index contributed by atoms with van der Waals surface area (Å²) in [6.07, 6.45) is 6.98. The summed E-state index contributed by atoms with van der Waals surface area (Å²) in [5.41, 5.74) is -0.949. The largest absolute Gasteiger partial charge is 0.481 e. The number of allylic oxidation sites excluding steroid dienone is 2. The maximum atomic E-state index is 10.8. The maximum Gasteiger partial charge on any atom is 0.331 e. The first-order chi connectivity index (χ1) is 11.6. The minimum atomic E-state index is -1.10. The Morgan fingerprint density at radius 2 is 1.92 bits per heavy atom. The van der Waals surface area contributed by atoms with Crippen LogP contribution in [-0.4, -0.2) is 46.3 Å². The number of rotatable bonds is 9. The number of hydrogen-bond acceptors (Lipinski definition) is 5. The average Bonchev–Trinajstić information content (AvgIpc) is 2.54. The lowest BCUT2D eigenvalue weighted by atomic mass is 9.80. The third-order valence-corrected chi connectivity index (χ3v) is 3.71. The van der Waals surface area contributed by atoms with Crippen molar-refractivity contribution in [2.45, 2.75) is 59.3 Å². The molecule has 0 radical (unpaired) electrons. The SMILES string of the molecule is CC1(C(=O)O)C=CC=C(C(=O)O)C1.CCCNC(O)(CCC)OCC. The number of ether oxygens (including phenoxy) is 1. The Bertz CT molecular complexity index is 494. The summed E-state index contributed by atoms with van der Waals surface area (Å²) < 4.78 is 5.22. The van der Waals surface area contributed by atoms with E-state index in [-0.39, 0.29) is 12.0 Å². The molecule has 1 aliphatic carbocycles. The number of hydrogen-bond donors (Lipinski definition) is 4. The second kappa shape index (κ2) is 11.0. The van der Waals surface area contributed by atoms with E-state index in [9.17, 15) is 14.7 Å². The van der Waals surface area contributed by atoms with Gasteiger partial charge in [0.05, 0.1) is 5.41 Å². The van der Waals surface area contributed by atoms with Gasteiger partial charge in [-0.3, -0.25) is 10.1 Å². The Morgan fingerprint density at radius 1 is 1.28 bits per heavy atom. The molecule has 0 fully saturated rings. The molecule has 7 heteroatoms. The van der Waals surface area contributed by atoms with Crippen LogP contribution in [0.2, 0.25) is 0 Å². The molecule has 1 rings (SSSR count). The fourth-order valence-electron chi connectivity index (χ4n) is 2.29. The van der Waals surface area contributed by atoms with Crippen LogP contribution in [0.15, 0.2) is 23.8 Å². The molecular weight excluding hydrogens is 326 g/mol. The van der Waals surface area contributed by atoms with Crippen LogP contribution in [0, 0.1) is 5.41 Å². The molecule has 2 unspecified atom stereocenters. The predicted octanol–water partition coefficient (Wildman–Crippen LogP) is 2.52. The third-order valence-electron chi connectivity index (χ3n) is 3.71. The normalized spacial score (nSPS) is 21.6. The zero-order valence-corrected chi connectivity index (χ0v) is 15.5. The molecule has 2 atom stereocenters. The highest BCUT2D eigenvalue weighted by atomic mass is 16.6. The minimum absolute atomic E-state index is 0.0359. The molecule has 0 aromatic heterocycles. The number of carboxylic acid groups (broad SMARTS) is 2. The summed E-state index contributed by atoms with van der Waals surface area (Å²) in [4.78, 5) is 21.3. The van der Waals surface area contributed by atoms with E-state index in [4.69, 9.17) is 14.9 Å². The quantitative estimate of drug-likeness (QED) is 0.469. The number of aliphatic hydroxyl groups is 1. The standard InChI is InChI=1S/C9H21NO2.C9H10O4/c1-4-7-9(11,12-6-3)10-8-5-2;1-9(8(12)13)4-2-3-6(5-9)7(10)11/h10-11H,4-8H2,1-3H3;2-4H,5H2,1H3,(H,10,11)(H,12,13). The Kier molecular flexibility index (Phi) is 10.3. The minimum Gasteiger partial charge on any atom is -0.481 e. The molecule has 4 N–H and O–H groups in total. The summed E-state index contributed by atoms with van der Waals surface area (Å²) in [5.74, 6) is -3.16. The van der Waals surface area contributed by atoms with Gasteiger partial charge in [0.25, 0.3) is 0 Å². The Hall–Kier alpha value is -1.70. The van der Waals surface area contributed by atoms with Crippen molar-refractivity contribution >= 4 is 11.9 Å². The van der Waals surface area contributed by atoms with Gasteiger partial charge in [0.15, 0.2) is 0 Å². The van der Waals surface area contributed by atoms with Gasteiger partial charge in [0, 0.05) is 18.6 Å². The van der Waals surface area contributed by atoms with Crippen molar-refractivity contribution < 1.29 is 29.6 Å². The topological polar surface area (TPSA) is 116 Å². The average molecular weight is 357 g/mol. The zero-order valence-electron chi connectivity index (χ0n) is 15.5. The van der Waals surface area contributed by atoms with E-state index in [1.165, 1.54) is 25.2 Å². The zero-order chi connectivity index (χ0) is 19.5. The molecule has 0 amide bonds. The first kappa shape index (κ1) is 23.3. The van der Waals surface area contributed by atoms with Crippen LogP contribution in [0.4, 0.5) is 0 Å². The van der Waals surface area contributed by atoms with Crippen LogP contribution in [0.3, 0.4) is 0 Å². The van der Waals surface area contributed by atoms with E-state index in [1.807, 2.05) is 13.8 Å². The number of carbonyl (C=O) groups is 2. The van der Waals surface area contributed by atoms with Crippen molar-refractivity contribution in [3.8, 4) is 0 Å².